The van der Waals surface area contributed by atoms with Gasteiger partial charge in [-0.1, -0.05) is 58.1 Å². The van der Waals surface area contributed by atoms with Gasteiger partial charge in [-0.3, -0.25) is 4.79 Å². The quantitative estimate of drug-likeness (QED) is 0.321. The minimum Gasteiger partial charge on any atom is -0.409 e. The zero-order valence-electron chi connectivity index (χ0n) is 10.8. The fourth-order valence-corrected chi connectivity index (χ4v) is 3.01. The maximum absolute atomic E-state index is 12.2. The third-order valence-electron chi connectivity index (χ3n) is 2.64. The lowest BCUT2D eigenvalue weighted by molar-refractivity contribution is -0.119. The summed E-state index contributed by atoms with van der Waals surface area (Å²) in [6.45, 7) is 3.57. The summed E-state index contributed by atoms with van der Waals surface area (Å²) < 4.78 is 0.697. The number of amides is 1. The van der Waals surface area contributed by atoms with Crippen LogP contribution in [0.1, 0.15) is 13.8 Å². The number of amidine groups is 1. The van der Waals surface area contributed by atoms with Crippen molar-refractivity contribution in [2.24, 2.45) is 22.7 Å². The molecule has 0 aliphatic heterocycles. The first-order valence-corrected chi connectivity index (χ1v) is 7.25. The summed E-state index contributed by atoms with van der Waals surface area (Å²) in [7, 11) is 0. The molecule has 0 radical (unpaired) electrons. The van der Waals surface area contributed by atoms with Crippen LogP contribution >= 0.6 is 39.1 Å². The van der Waals surface area contributed by atoms with E-state index in [9.17, 15) is 4.79 Å². The maximum Gasteiger partial charge on any atom is 0.235 e. The number of hydrogen-bond acceptors (Lipinski definition) is 3. The molecule has 1 rings (SSSR count). The first-order chi connectivity index (χ1) is 9.27. The molecular weight excluding hydrogens is 369 g/mol. The van der Waals surface area contributed by atoms with E-state index in [2.05, 4.69) is 26.4 Å². The van der Waals surface area contributed by atoms with Gasteiger partial charge in [-0.25, -0.2) is 0 Å². The second kappa shape index (κ2) is 7.15. The van der Waals surface area contributed by atoms with E-state index < -0.39 is 11.8 Å². The Morgan fingerprint density at radius 1 is 1.40 bits per heavy atom. The van der Waals surface area contributed by atoms with E-state index in [0.29, 0.717) is 14.5 Å². The van der Waals surface area contributed by atoms with Crippen LogP contribution in [-0.4, -0.2) is 17.0 Å². The minimum atomic E-state index is -0.782. The van der Waals surface area contributed by atoms with Crippen LogP contribution in [0.4, 0.5) is 5.69 Å². The smallest absolute Gasteiger partial charge is 0.235 e. The zero-order valence-corrected chi connectivity index (χ0v) is 13.9. The number of oxime groups is 1. The number of carbonyl (C=O) groups excluding carboxylic acids is 1. The molecule has 0 bridgehead atoms. The molecule has 0 heterocycles. The summed E-state index contributed by atoms with van der Waals surface area (Å²) in [5.41, 5.74) is 5.83. The number of benzene rings is 1. The van der Waals surface area contributed by atoms with Gasteiger partial charge in [0, 0.05) is 4.47 Å². The largest absolute Gasteiger partial charge is 0.409 e. The lowest BCUT2D eigenvalue weighted by atomic mass is 9.94. The lowest BCUT2D eigenvalue weighted by Gasteiger charge is -2.19. The highest BCUT2D eigenvalue weighted by Gasteiger charge is 2.27. The topological polar surface area (TPSA) is 87.7 Å². The Morgan fingerprint density at radius 3 is 2.30 bits per heavy atom. The normalized spacial score (nSPS) is 13.4. The molecule has 0 saturated carbocycles. The van der Waals surface area contributed by atoms with E-state index >= 15 is 0 Å². The molecular formula is C12H14BrCl2N3O2. The van der Waals surface area contributed by atoms with Crippen molar-refractivity contribution in [1.29, 1.82) is 0 Å². The molecule has 4 N–H and O–H groups in total. The Balaban J connectivity index is 3.06. The van der Waals surface area contributed by atoms with Crippen molar-refractivity contribution in [3.05, 3.63) is 26.7 Å². The van der Waals surface area contributed by atoms with Crippen LogP contribution in [0, 0.1) is 11.8 Å². The molecule has 1 amide bonds. The van der Waals surface area contributed by atoms with Crippen molar-refractivity contribution in [3.8, 4) is 0 Å². The molecule has 5 nitrogen and oxygen atoms in total. The van der Waals surface area contributed by atoms with Gasteiger partial charge in [0.05, 0.1) is 15.7 Å². The van der Waals surface area contributed by atoms with E-state index in [-0.39, 0.29) is 17.4 Å². The van der Waals surface area contributed by atoms with E-state index in [0.717, 1.165) is 0 Å². The Bertz CT molecular complexity index is 526. The highest BCUT2D eigenvalue weighted by molar-refractivity contribution is 9.10. The summed E-state index contributed by atoms with van der Waals surface area (Å²) >= 11 is 15.3. The maximum atomic E-state index is 12.2. The fraction of sp³-hybridized carbons (Fsp3) is 0.333. The molecule has 0 aliphatic rings. The van der Waals surface area contributed by atoms with Gasteiger partial charge in [0.2, 0.25) is 5.91 Å². The molecule has 1 aromatic carbocycles. The highest BCUT2D eigenvalue weighted by atomic mass is 79.9. The standard InChI is InChI=1S/C12H14BrCl2N3O2/c1-5(2)9(11(16)18-20)12(19)17-10-7(14)3-6(13)4-8(10)15/h3-5,9,20H,1-2H3,(H2,16,18)(H,17,19). The summed E-state index contributed by atoms with van der Waals surface area (Å²) in [5, 5.41) is 14.8. The Labute approximate surface area is 135 Å². The van der Waals surface area contributed by atoms with E-state index in [1.807, 2.05) is 0 Å². The number of nitrogens with two attached hydrogens (primary N) is 1. The predicted octanol–water partition coefficient (Wildman–Crippen LogP) is 3.71. The Morgan fingerprint density at radius 2 is 1.90 bits per heavy atom. The Kier molecular flexibility index (Phi) is 6.10. The zero-order chi connectivity index (χ0) is 15.4. The number of nitrogens with zero attached hydrogens (tertiary/aromatic N) is 1. The predicted molar refractivity (Wildman–Crippen MR) is 84.5 cm³/mol. The molecule has 1 aromatic rings. The number of nitrogens with one attached hydrogen (secondary N) is 1. The van der Waals surface area contributed by atoms with Crippen LogP contribution in [0.3, 0.4) is 0 Å². The highest BCUT2D eigenvalue weighted by Crippen LogP contribution is 2.34. The Hall–Kier alpha value is -0.980. The van der Waals surface area contributed by atoms with Crippen molar-refractivity contribution >= 4 is 56.6 Å². The first-order valence-electron chi connectivity index (χ1n) is 5.70. The molecule has 0 fully saturated rings. The molecule has 110 valence electrons. The molecule has 0 saturated heterocycles. The SMILES string of the molecule is CC(C)C(C(=O)Nc1c(Cl)cc(Br)cc1Cl)C(N)=NO. The van der Waals surface area contributed by atoms with E-state index in [1.165, 1.54) is 0 Å². The van der Waals surface area contributed by atoms with Crippen molar-refractivity contribution in [2.45, 2.75) is 13.8 Å². The third-order valence-corrected chi connectivity index (χ3v) is 3.69. The average molecular weight is 383 g/mol. The molecule has 20 heavy (non-hydrogen) atoms. The number of halogens is 3. The van der Waals surface area contributed by atoms with Crippen LogP contribution < -0.4 is 11.1 Å². The van der Waals surface area contributed by atoms with Crippen molar-refractivity contribution in [2.75, 3.05) is 5.32 Å². The molecule has 0 aromatic heterocycles. The number of rotatable bonds is 4. The van der Waals surface area contributed by atoms with Gasteiger partial charge in [0.25, 0.3) is 0 Å². The van der Waals surface area contributed by atoms with Crippen LogP contribution in [-0.2, 0) is 4.79 Å². The monoisotopic (exact) mass is 381 g/mol. The number of anilines is 1. The van der Waals surface area contributed by atoms with Gasteiger partial charge in [0.1, 0.15) is 5.92 Å². The van der Waals surface area contributed by atoms with Crippen molar-refractivity contribution < 1.29 is 10.0 Å². The van der Waals surface area contributed by atoms with Crippen LogP contribution in [0.25, 0.3) is 0 Å². The summed E-state index contributed by atoms with van der Waals surface area (Å²) in [6, 6.07) is 3.22. The molecule has 1 atom stereocenters. The van der Waals surface area contributed by atoms with Crippen molar-refractivity contribution in [1.82, 2.24) is 0 Å². The van der Waals surface area contributed by atoms with Crippen molar-refractivity contribution in [3.63, 3.8) is 0 Å². The number of hydrogen-bond donors (Lipinski definition) is 3. The van der Waals surface area contributed by atoms with Gasteiger partial charge >= 0.3 is 0 Å². The van der Waals surface area contributed by atoms with Gasteiger partial charge < -0.3 is 16.3 Å². The van der Waals surface area contributed by atoms with Crippen LogP contribution in [0.5, 0.6) is 0 Å². The van der Waals surface area contributed by atoms with Gasteiger partial charge in [-0.05, 0) is 18.1 Å². The van der Waals surface area contributed by atoms with E-state index in [4.69, 9.17) is 34.1 Å². The minimum absolute atomic E-state index is 0.154. The first kappa shape index (κ1) is 17.1. The van der Waals surface area contributed by atoms with Gasteiger partial charge in [-0.2, -0.15) is 0 Å². The lowest BCUT2D eigenvalue weighted by Crippen LogP contribution is -2.38. The van der Waals surface area contributed by atoms with Crippen LogP contribution in [0.2, 0.25) is 10.0 Å². The second-order valence-electron chi connectivity index (χ2n) is 4.48. The second-order valence-corrected chi connectivity index (χ2v) is 6.21. The average Bonchev–Trinajstić information content (AvgIpc) is 2.33. The number of carbonyl (C=O) groups is 1. The molecule has 0 spiro atoms. The summed E-state index contributed by atoms with van der Waals surface area (Å²) in [5.74, 6) is -1.54. The van der Waals surface area contributed by atoms with E-state index in [1.54, 1.807) is 26.0 Å². The molecule has 8 heteroatoms. The van der Waals surface area contributed by atoms with Gasteiger partial charge in [0.15, 0.2) is 5.84 Å². The molecule has 0 aliphatic carbocycles. The molecule has 1 unspecified atom stereocenters. The summed E-state index contributed by atoms with van der Waals surface area (Å²) in [4.78, 5) is 12.2. The van der Waals surface area contributed by atoms with Gasteiger partial charge in [-0.15, -0.1) is 0 Å². The fourth-order valence-electron chi connectivity index (χ4n) is 1.70. The summed E-state index contributed by atoms with van der Waals surface area (Å²) in [6.07, 6.45) is 0. The van der Waals surface area contributed by atoms with Crippen LogP contribution in [0.15, 0.2) is 21.8 Å². The third kappa shape index (κ3) is 4.01.